The summed E-state index contributed by atoms with van der Waals surface area (Å²) < 4.78 is 0. The minimum Gasteiger partial charge on any atom is -0.393 e. The Balaban J connectivity index is 1.68. The van der Waals surface area contributed by atoms with E-state index in [1.165, 1.54) is 11.1 Å². The van der Waals surface area contributed by atoms with Gasteiger partial charge in [0.05, 0.1) is 12.0 Å². The number of aliphatic hydroxyl groups excluding tert-OH is 1. The number of aliphatic hydroxyl groups is 1. The molecule has 1 aromatic rings. The number of carbonyl (C=O) groups is 1. The number of benzene rings is 1. The van der Waals surface area contributed by atoms with Gasteiger partial charge in [-0.1, -0.05) is 24.3 Å². The maximum absolute atomic E-state index is 12.7. The first-order valence-corrected chi connectivity index (χ1v) is 7.66. The van der Waals surface area contributed by atoms with Crippen molar-refractivity contribution in [3.8, 4) is 0 Å². The van der Waals surface area contributed by atoms with Gasteiger partial charge in [0.25, 0.3) is 0 Å². The van der Waals surface area contributed by atoms with Crippen molar-refractivity contribution in [2.45, 2.75) is 44.1 Å². The molecule has 3 nitrogen and oxygen atoms in total. The molecule has 0 radical (unpaired) electrons. The Morgan fingerprint density at radius 3 is 2.85 bits per heavy atom. The monoisotopic (exact) mass is 273 g/mol. The van der Waals surface area contributed by atoms with E-state index in [0.717, 1.165) is 38.6 Å². The van der Waals surface area contributed by atoms with Gasteiger partial charge < -0.3 is 10.0 Å². The van der Waals surface area contributed by atoms with Crippen LogP contribution in [0.25, 0.3) is 0 Å². The standard InChI is InChI=1S/C17H23NO2/c1-18(11-12-9-14(19)10-12)17(20)16-8-4-6-13-5-2-3-7-15(13)16/h2-3,5,7,12,14,16,19H,4,6,8-11H2,1H3. The lowest BCUT2D eigenvalue weighted by atomic mass is 9.80. The zero-order chi connectivity index (χ0) is 14.1. The first kappa shape index (κ1) is 13.6. The van der Waals surface area contributed by atoms with E-state index >= 15 is 0 Å². The number of carbonyl (C=O) groups excluding carboxylic acids is 1. The molecule has 0 saturated heterocycles. The van der Waals surface area contributed by atoms with Crippen molar-refractivity contribution in [1.29, 1.82) is 0 Å². The van der Waals surface area contributed by atoms with Gasteiger partial charge in [0.1, 0.15) is 0 Å². The summed E-state index contributed by atoms with van der Waals surface area (Å²) in [5.74, 6) is 0.770. The molecule has 0 aliphatic heterocycles. The zero-order valence-electron chi connectivity index (χ0n) is 12.1. The molecular weight excluding hydrogens is 250 g/mol. The Bertz CT molecular complexity index is 494. The average Bonchev–Trinajstić information content (AvgIpc) is 2.44. The molecule has 1 N–H and O–H groups in total. The lowest BCUT2D eigenvalue weighted by Gasteiger charge is -2.36. The van der Waals surface area contributed by atoms with E-state index in [-0.39, 0.29) is 17.9 Å². The van der Waals surface area contributed by atoms with Crippen molar-refractivity contribution in [1.82, 2.24) is 4.90 Å². The highest BCUT2D eigenvalue weighted by molar-refractivity contribution is 5.84. The SMILES string of the molecule is CN(CC1CC(O)C1)C(=O)C1CCCc2ccccc21. The van der Waals surface area contributed by atoms with Crippen LogP contribution in [-0.2, 0) is 11.2 Å². The molecule has 20 heavy (non-hydrogen) atoms. The lowest BCUT2D eigenvalue weighted by molar-refractivity contribution is -0.133. The van der Waals surface area contributed by atoms with Gasteiger partial charge in [0.2, 0.25) is 5.91 Å². The van der Waals surface area contributed by atoms with E-state index in [1.54, 1.807) is 0 Å². The van der Waals surface area contributed by atoms with Gasteiger partial charge in [-0.15, -0.1) is 0 Å². The molecule has 2 aliphatic rings. The van der Waals surface area contributed by atoms with Crippen molar-refractivity contribution in [2.24, 2.45) is 5.92 Å². The normalized spacial score (nSPS) is 28.4. The molecule has 2 aliphatic carbocycles. The summed E-state index contributed by atoms with van der Waals surface area (Å²) in [5.41, 5.74) is 2.56. The molecule has 1 amide bonds. The number of hydrogen-bond donors (Lipinski definition) is 1. The third-order valence-corrected chi connectivity index (χ3v) is 4.79. The maximum atomic E-state index is 12.7. The summed E-state index contributed by atoms with van der Waals surface area (Å²) in [6, 6.07) is 8.35. The highest BCUT2D eigenvalue weighted by Gasteiger charge is 2.32. The molecule has 3 rings (SSSR count). The summed E-state index contributed by atoms with van der Waals surface area (Å²) in [7, 11) is 1.91. The summed E-state index contributed by atoms with van der Waals surface area (Å²) in [6.45, 7) is 0.786. The van der Waals surface area contributed by atoms with Crippen LogP contribution in [0.1, 0.15) is 42.7 Å². The molecule has 1 fully saturated rings. The quantitative estimate of drug-likeness (QED) is 0.918. The zero-order valence-corrected chi connectivity index (χ0v) is 12.1. The van der Waals surface area contributed by atoms with Crippen molar-refractivity contribution in [2.75, 3.05) is 13.6 Å². The first-order valence-electron chi connectivity index (χ1n) is 7.66. The largest absolute Gasteiger partial charge is 0.393 e. The van der Waals surface area contributed by atoms with Gasteiger partial charge in [-0.3, -0.25) is 4.79 Å². The Hall–Kier alpha value is -1.35. The van der Waals surface area contributed by atoms with Crippen LogP contribution < -0.4 is 0 Å². The van der Waals surface area contributed by atoms with Gasteiger partial charge in [0, 0.05) is 13.6 Å². The minimum absolute atomic E-state index is 0.0370. The molecule has 0 spiro atoms. The minimum atomic E-state index is -0.140. The topological polar surface area (TPSA) is 40.5 Å². The van der Waals surface area contributed by atoms with Gasteiger partial charge >= 0.3 is 0 Å². The summed E-state index contributed by atoms with van der Waals surface area (Å²) in [6.07, 6.45) is 4.71. The van der Waals surface area contributed by atoms with E-state index in [0.29, 0.717) is 5.92 Å². The van der Waals surface area contributed by atoms with Crippen molar-refractivity contribution < 1.29 is 9.90 Å². The predicted molar refractivity (Wildman–Crippen MR) is 78.5 cm³/mol. The Morgan fingerprint density at radius 2 is 2.10 bits per heavy atom. The van der Waals surface area contributed by atoms with Gasteiger partial charge in [-0.05, 0) is 49.1 Å². The van der Waals surface area contributed by atoms with E-state index in [2.05, 4.69) is 18.2 Å². The third kappa shape index (κ3) is 2.59. The molecule has 1 saturated carbocycles. The van der Waals surface area contributed by atoms with Crippen LogP contribution in [0.2, 0.25) is 0 Å². The van der Waals surface area contributed by atoms with Gasteiger partial charge in [-0.25, -0.2) is 0 Å². The van der Waals surface area contributed by atoms with Crippen molar-refractivity contribution in [3.05, 3.63) is 35.4 Å². The van der Waals surface area contributed by atoms with E-state index < -0.39 is 0 Å². The fourth-order valence-electron chi connectivity index (χ4n) is 3.60. The van der Waals surface area contributed by atoms with Gasteiger partial charge in [-0.2, -0.15) is 0 Å². The second kappa shape index (κ2) is 5.57. The Labute approximate surface area is 120 Å². The van der Waals surface area contributed by atoms with Crippen LogP contribution in [0, 0.1) is 5.92 Å². The number of nitrogens with zero attached hydrogens (tertiary/aromatic N) is 1. The molecule has 1 aromatic carbocycles. The second-order valence-corrected chi connectivity index (χ2v) is 6.35. The van der Waals surface area contributed by atoms with Gasteiger partial charge in [0.15, 0.2) is 0 Å². The Morgan fingerprint density at radius 1 is 1.35 bits per heavy atom. The van der Waals surface area contributed by atoms with Crippen LogP contribution in [0.4, 0.5) is 0 Å². The molecule has 1 atom stereocenters. The average molecular weight is 273 g/mol. The van der Waals surface area contributed by atoms with E-state index in [9.17, 15) is 9.90 Å². The number of likely N-dealkylation sites (N-methyl/N-ethyl adjacent to an activating group) is 1. The fourth-order valence-corrected chi connectivity index (χ4v) is 3.60. The number of rotatable bonds is 3. The fraction of sp³-hybridized carbons (Fsp3) is 0.588. The summed E-state index contributed by atoms with van der Waals surface area (Å²) in [4.78, 5) is 14.6. The van der Waals surface area contributed by atoms with Crippen molar-refractivity contribution in [3.63, 3.8) is 0 Å². The predicted octanol–water partition coefficient (Wildman–Crippen LogP) is 2.34. The molecule has 108 valence electrons. The molecule has 3 heteroatoms. The van der Waals surface area contributed by atoms with E-state index in [4.69, 9.17) is 0 Å². The molecule has 0 aromatic heterocycles. The van der Waals surface area contributed by atoms with Crippen LogP contribution in [0.15, 0.2) is 24.3 Å². The Kier molecular flexibility index (Phi) is 3.79. The number of fused-ring (bicyclic) bond motifs is 1. The van der Waals surface area contributed by atoms with Crippen LogP contribution >= 0.6 is 0 Å². The smallest absolute Gasteiger partial charge is 0.229 e. The molecule has 0 bridgehead atoms. The van der Waals surface area contributed by atoms with Crippen LogP contribution in [0.3, 0.4) is 0 Å². The second-order valence-electron chi connectivity index (χ2n) is 6.35. The van der Waals surface area contributed by atoms with E-state index in [1.807, 2.05) is 18.0 Å². The third-order valence-electron chi connectivity index (χ3n) is 4.79. The highest BCUT2D eigenvalue weighted by atomic mass is 16.3. The van der Waals surface area contributed by atoms with Crippen LogP contribution in [0.5, 0.6) is 0 Å². The lowest BCUT2D eigenvalue weighted by Crippen LogP contribution is -2.41. The van der Waals surface area contributed by atoms with Crippen molar-refractivity contribution >= 4 is 5.91 Å². The first-order chi connectivity index (χ1) is 9.65. The number of hydrogen-bond acceptors (Lipinski definition) is 2. The molecule has 1 unspecified atom stereocenters. The maximum Gasteiger partial charge on any atom is 0.229 e. The van der Waals surface area contributed by atoms with Crippen LogP contribution in [-0.4, -0.2) is 35.6 Å². The summed E-state index contributed by atoms with van der Waals surface area (Å²) in [5, 5.41) is 9.35. The number of aryl methyl sites for hydroxylation is 1. The molecule has 0 heterocycles. The number of amides is 1. The summed E-state index contributed by atoms with van der Waals surface area (Å²) >= 11 is 0. The highest BCUT2D eigenvalue weighted by Crippen LogP contribution is 2.34. The molecular formula is C17H23NO2.